The monoisotopic (exact) mass is 484 g/mol. The minimum atomic E-state index is -0.206. The molecule has 0 aliphatic carbocycles. The summed E-state index contributed by atoms with van der Waals surface area (Å²) in [5.74, 6) is 1.92. The molecule has 0 atom stereocenters. The summed E-state index contributed by atoms with van der Waals surface area (Å²) in [6, 6.07) is 22.7. The van der Waals surface area contributed by atoms with E-state index in [1.54, 1.807) is 10.6 Å². The second kappa shape index (κ2) is 10.6. The van der Waals surface area contributed by atoms with Crippen molar-refractivity contribution in [3.8, 4) is 17.2 Å². The van der Waals surface area contributed by atoms with E-state index in [9.17, 15) is 9.59 Å². The molecule has 5 rings (SSSR count). The van der Waals surface area contributed by atoms with Crippen molar-refractivity contribution in [1.82, 2.24) is 4.57 Å². The summed E-state index contributed by atoms with van der Waals surface area (Å²) in [6.07, 6.45) is 0.220. The molecule has 0 bridgehead atoms. The highest BCUT2D eigenvalue weighted by Gasteiger charge is 2.18. The molecular weight excluding hydrogens is 456 g/mol. The lowest BCUT2D eigenvalue weighted by molar-refractivity contribution is -0.119. The molecule has 0 saturated heterocycles. The number of anilines is 1. The molecule has 2 heterocycles. The van der Waals surface area contributed by atoms with E-state index < -0.39 is 0 Å². The van der Waals surface area contributed by atoms with Crippen molar-refractivity contribution in [3.05, 3.63) is 94.3 Å². The number of benzene rings is 3. The molecule has 4 aromatic rings. The van der Waals surface area contributed by atoms with E-state index in [-0.39, 0.29) is 24.3 Å². The van der Waals surface area contributed by atoms with Gasteiger partial charge in [-0.05, 0) is 48.9 Å². The zero-order chi connectivity index (χ0) is 24.9. The Morgan fingerprint density at radius 3 is 2.42 bits per heavy atom. The maximum absolute atomic E-state index is 13.6. The Kier molecular flexibility index (Phi) is 6.89. The first-order chi connectivity index (χ1) is 17.6. The maximum Gasteiger partial charge on any atom is 0.256 e. The van der Waals surface area contributed by atoms with Crippen molar-refractivity contribution in [2.75, 3.05) is 25.1 Å². The van der Waals surface area contributed by atoms with Gasteiger partial charge in [-0.15, -0.1) is 0 Å². The quantitative estimate of drug-likeness (QED) is 0.374. The van der Waals surface area contributed by atoms with Crippen molar-refractivity contribution in [2.24, 2.45) is 0 Å². The number of Topliss-reactive ketones (excluding diaryl/α,β-unsaturated/α-hetero) is 1. The van der Waals surface area contributed by atoms with Crippen LogP contribution < -0.4 is 25.1 Å². The molecule has 7 heteroatoms. The molecule has 0 fully saturated rings. The molecule has 1 aliphatic heterocycles. The molecule has 0 unspecified atom stereocenters. The molecule has 3 aromatic carbocycles. The first kappa shape index (κ1) is 23.5. The van der Waals surface area contributed by atoms with Crippen LogP contribution in [0.1, 0.15) is 18.1 Å². The van der Waals surface area contributed by atoms with Gasteiger partial charge < -0.3 is 24.1 Å². The summed E-state index contributed by atoms with van der Waals surface area (Å²) < 4.78 is 18.5. The summed E-state index contributed by atoms with van der Waals surface area (Å²) in [6.45, 7) is 3.72. The number of fused-ring (bicyclic) bond motifs is 2. The van der Waals surface area contributed by atoms with Gasteiger partial charge in [0, 0.05) is 35.7 Å². The van der Waals surface area contributed by atoms with Gasteiger partial charge in [-0.2, -0.15) is 0 Å². The summed E-state index contributed by atoms with van der Waals surface area (Å²) in [7, 11) is 0. The van der Waals surface area contributed by atoms with Crippen LogP contribution in [0.2, 0.25) is 0 Å². The topological polar surface area (TPSA) is 78.8 Å². The highest BCUT2D eigenvalue weighted by Crippen LogP contribution is 2.34. The molecule has 1 N–H and O–H groups in total. The van der Waals surface area contributed by atoms with Gasteiger partial charge in [-0.1, -0.05) is 30.3 Å². The van der Waals surface area contributed by atoms with Gasteiger partial charge in [-0.25, -0.2) is 0 Å². The second-order valence-electron chi connectivity index (χ2n) is 8.63. The normalized spacial score (nSPS) is 12.4. The van der Waals surface area contributed by atoms with Crippen molar-refractivity contribution >= 4 is 22.4 Å². The zero-order valence-corrected chi connectivity index (χ0v) is 20.2. The van der Waals surface area contributed by atoms with Gasteiger partial charge in [0.2, 0.25) is 0 Å². The minimum absolute atomic E-state index is 0.0403. The summed E-state index contributed by atoms with van der Waals surface area (Å²) >= 11 is 0. The second-order valence-corrected chi connectivity index (χ2v) is 8.63. The first-order valence-electron chi connectivity index (χ1n) is 12.1. The predicted octanol–water partition coefficient (Wildman–Crippen LogP) is 4.60. The van der Waals surface area contributed by atoms with E-state index in [1.165, 1.54) is 0 Å². The number of ketones is 1. The van der Waals surface area contributed by atoms with Crippen LogP contribution in [0.4, 0.5) is 5.69 Å². The maximum atomic E-state index is 13.6. The third kappa shape index (κ3) is 5.20. The summed E-state index contributed by atoms with van der Waals surface area (Å²) in [5, 5.41) is 4.12. The number of carbonyl (C=O) groups is 1. The summed E-state index contributed by atoms with van der Waals surface area (Å²) in [5.41, 5.74) is 2.79. The number of nitrogens with one attached hydrogen (secondary N) is 1. The lowest BCUT2D eigenvalue weighted by atomic mass is 10.1. The molecule has 1 aromatic heterocycles. The molecule has 36 heavy (non-hydrogen) atoms. The number of hydrogen-bond acceptors (Lipinski definition) is 6. The van der Waals surface area contributed by atoms with Crippen LogP contribution >= 0.6 is 0 Å². The van der Waals surface area contributed by atoms with E-state index in [2.05, 4.69) is 5.32 Å². The fourth-order valence-electron chi connectivity index (χ4n) is 4.34. The van der Waals surface area contributed by atoms with Crippen LogP contribution in [-0.4, -0.2) is 30.2 Å². The Balaban J connectivity index is 1.46. The fourth-order valence-corrected chi connectivity index (χ4v) is 4.34. The van der Waals surface area contributed by atoms with Gasteiger partial charge in [-0.3, -0.25) is 9.59 Å². The van der Waals surface area contributed by atoms with E-state index in [1.807, 2.05) is 73.7 Å². The lowest BCUT2D eigenvalue weighted by Gasteiger charge is -2.21. The average Bonchev–Trinajstić information content (AvgIpc) is 2.90. The van der Waals surface area contributed by atoms with Crippen LogP contribution in [0.15, 0.2) is 77.6 Å². The smallest absolute Gasteiger partial charge is 0.256 e. The minimum Gasteiger partial charge on any atom is -0.494 e. The lowest BCUT2D eigenvalue weighted by Crippen LogP contribution is -2.29. The zero-order valence-electron chi connectivity index (χ0n) is 20.2. The molecule has 0 saturated carbocycles. The van der Waals surface area contributed by atoms with E-state index in [4.69, 9.17) is 14.2 Å². The Labute approximate surface area is 209 Å². The van der Waals surface area contributed by atoms with Crippen LogP contribution in [0.5, 0.6) is 17.2 Å². The number of aromatic nitrogens is 1. The SMILES string of the molecule is CCOc1ccc(CC(=O)Cn2c(=O)c(CNc3ccccc3)cc3cc4c(cc32)OCCO4)cc1. The highest BCUT2D eigenvalue weighted by atomic mass is 16.6. The van der Waals surface area contributed by atoms with E-state index >= 15 is 0 Å². The predicted molar refractivity (Wildman–Crippen MR) is 139 cm³/mol. The Morgan fingerprint density at radius 1 is 0.972 bits per heavy atom. The number of hydrogen-bond donors (Lipinski definition) is 1. The van der Waals surface area contributed by atoms with Gasteiger partial charge >= 0.3 is 0 Å². The molecular formula is C29H28N2O5. The van der Waals surface area contributed by atoms with Gasteiger partial charge in [0.25, 0.3) is 5.56 Å². The molecule has 7 nitrogen and oxygen atoms in total. The molecule has 0 amide bonds. The van der Waals surface area contributed by atoms with E-state index in [0.717, 1.165) is 22.4 Å². The Morgan fingerprint density at radius 2 is 1.69 bits per heavy atom. The van der Waals surface area contributed by atoms with Crippen molar-refractivity contribution in [3.63, 3.8) is 0 Å². The standard InChI is InChI=1S/C29H28N2O5/c1-2-34-25-10-8-20(9-11-25)14-24(32)19-31-26-17-28-27(35-12-13-36-28)16-21(26)15-22(29(31)33)18-30-23-6-4-3-5-7-23/h3-11,15-17,30H,2,12-14,18-19H2,1H3. The highest BCUT2D eigenvalue weighted by molar-refractivity contribution is 5.87. The van der Waals surface area contributed by atoms with Crippen LogP contribution in [-0.2, 0) is 24.3 Å². The molecule has 0 radical (unpaired) electrons. The third-order valence-electron chi connectivity index (χ3n) is 6.06. The van der Waals surface area contributed by atoms with Crippen LogP contribution in [0, 0.1) is 0 Å². The van der Waals surface area contributed by atoms with Crippen LogP contribution in [0.3, 0.4) is 0 Å². The molecule has 184 valence electrons. The number of rotatable bonds is 9. The largest absolute Gasteiger partial charge is 0.494 e. The first-order valence-corrected chi connectivity index (χ1v) is 12.1. The number of nitrogens with zero attached hydrogens (tertiary/aromatic N) is 1. The van der Waals surface area contributed by atoms with Crippen molar-refractivity contribution < 1.29 is 19.0 Å². The Hall–Kier alpha value is -4.26. The molecule has 0 spiro atoms. The third-order valence-corrected chi connectivity index (χ3v) is 6.06. The fraction of sp³-hybridized carbons (Fsp3) is 0.241. The average molecular weight is 485 g/mol. The van der Waals surface area contributed by atoms with Crippen LogP contribution in [0.25, 0.3) is 10.9 Å². The number of carbonyl (C=O) groups excluding carboxylic acids is 1. The number of ether oxygens (including phenoxy) is 3. The number of pyridine rings is 1. The Bertz CT molecular complexity index is 1430. The van der Waals surface area contributed by atoms with Gasteiger partial charge in [0.15, 0.2) is 17.3 Å². The van der Waals surface area contributed by atoms with Crippen molar-refractivity contribution in [1.29, 1.82) is 0 Å². The van der Waals surface area contributed by atoms with E-state index in [0.29, 0.717) is 48.9 Å². The molecule has 1 aliphatic rings. The number of para-hydroxylation sites is 1. The summed E-state index contributed by atoms with van der Waals surface area (Å²) in [4.78, 5) is 26.7. The van der Waals surface area contributed by atoms with Gasteiger partial charge in [0.05, 0.1) is 18.7 Å². The van der Waals surface area contributed by atoms with Gasteiger partial charge in [0.1, 0.15) is 19.0 Å². The van der Waals surface area contributed by atoms with Crippen molar-refractivity contribution in [2.45, 2.75) is 26.4 Å².